The first-order valence-corrected chi connectivity index (χ1v) is 16.2. The summed E-state index contributed by atoms with van der Waals surface area (Å²) in [5.74, 6) is 0.972. The highest BCUT2D eigenvalue weighted by atomic mass is 35.5. The third kappa shape index (κ3) is 6.12. The molecular weight excluding hydrogens is 562 g/mol. The first kappa shape index (κ1) is 28.6. The van der Waals surface area contributed by atoms with Crippen LogP contribution in [0.4, 0.5) is 11.5 Å². The van der Waals surface area contributed by atoms with E-state index in [2.05, 4.69) is 50.4 Å². The number of rotatable bonds is 6. The highest BCUT2D eigenvalue weighted by Crippen LogP contribution is 2.37. The van der Waals surface area contributed by atoms with Gasteiger partial charge in [-0.1, -0.05) is 35.9 Å². The van der Waals surface area contributed by atoms with E-state index in [1.807, 2.05) is 12.1 Å². The van der Waals surface area contributed by atoms with E-state index in [-0.39, 0.29) is 12.1 Å². The zero-order valence-electron chi connectivity index (χ0n) is 24.7. The Bertz CT molecular complexity index is 1480. The quantitative estimate of drug-likeness (QED) is 0.437. The van der Waals surface area contributed by atoms with Crippen LogP contribution in [0, 0.1) is 11.3 Å². The van der Waals surface area contributed by atoms with Gasteiger partial charge in [0.2, 0.25) is 0 Å². The van der Waals surface area contributed by atoms with E-state index in [9.17, 15) is 5.26 Å². The summed E-state index contributed by atoms with van der Waals surface area (Å²) >= 11 is 6.72. The molecule has 1 aromatic heterocycles. The number of piperidine rings is 1. The zero-order chi connectivity index (χ0) is 29.2. The summed E-state index contributed by atoms with van der Waals surface area (Å²) in [6.07, 6.45) is 5.62. The summed E-state index contributed by atoms with van der Waals surface area (Å²) in [6.45, 7) is 7.76. The Labute approximate surface area is 258 Å². The molecule has 4 aliphatic rings. The van der Waals surface area contributed by atoms with Crippen LogP contribution in [-0.4, -0.2) is 85.5 Å². The van der Waals surface area contributed by atoms with Gasteiger partial charge in [0, 0.05) is 81.2 Å². The summed E-state index contributed by atoms with van der Waals surface area (Å²) in [4.78, 5) is 17.5. The molecule has 4 aliphatic heterocycles. The molecule has 1 unspecified atom stereocenters. The van der Waals surface area contributed by atoms with Crippen LogP contribution in [0.2, 0.25) is 5.02 Å². The molecule has 226 valence electrons. The van der Waals surface area contributed by atoms with Crippen molar-refractivity contribution in [2.45, 2.75) is 63.3 Å². The molecule has 10 heteroatoms. The number of hydrogen-bond acceptors (Lipinski definition) is 9. The molecule has 3 fully saturated rings. The third-order valence-electron chi connectivity index (χ3n) is 9.54. The molecule has 7 rings (SSSR count). The number of aromatic nitrogens is 2. The standard InChI is InChI=1S/C33H40ClN7O2/c34-28-5-1-3-23-4-2-6-30(31(23)28)40-17-10-27-29(22-40)37-33(38-32(27)41-18-14-36-24(21-41)7-13-35)43-26-8-15-39(16-9-26)25-11-19-42-20-12-25/h1-6,24-26,36H,7-12,14-22H2. The number of nitrogens with one attached hydrogen (secondary N) is 1. The number of ether oxygens (including phenoxy) is 2. The van der Waals surface area contributed by atoms with Gasteiger partial charge in [-0.2, -0.15) is 15.2 Å². The molecule has 3 aromatic rings. The minimum absolute atomic E-state index is 0.105. The minimum Gasteiger partial charge on any atom is -0.460 e. The molecule has 43 heavy (non-hydrogen) atoms. The Hall–Kier alpha value is -3.16. The Kier molecular flexibility index (Phi) is 8.53. The predicted molar refractivity (Wildman–Crippen MR) is 169 cm³/mol. The Balaban J connectivity index is 1.16. The van der Waals surface area contributed by atoms with Gasteiger partial charge in [0.05, 0.1) is 29.8 Å². The van der Waals surface area contributed by atoms with Crippen molar-refractivity contribution in [2.24, 2.45) is 0 Å². The molecule has 0 spiro atoms. The van der Waals surface area contributed by atoms with Gasteiger partial charge in [0.1, 0.15) is 11.9 Å². The number of likely N-dealkylation sites (tertiary alicyclic amines) is 1. The lowest BCUT2D eigenvalue weighted by atomic mass is 10.0. The molecule has 9 nitrogen and oxygen atoms in total. The Morgan fingerprint density at radius 2 is 1.81 bits per heavy atom. The van der Waals surface area contributed by atoms with Crippen LogP contribution in [0.3, 0.4) is 0 Å². The van der Waals surface area contributed by atoms with E-state index in [4.69, 9.17) is 31.0 Å². The van der Waals surface area contributed by atoms with Gasteiger partial charge in [0.15, 0.2) is 0 Å². The normalized spacial score (nSPS) is 22.4. The van der Waals surface area contributed by atoms with Gasteiger partial charge in [-0.05, 0) is 49.6 Å². The average molecular weight is 602 g/mol. The molecule has 0 aliphatic carbocycles. The summed E-state index contributed by atoms with van der Waals surface area (Å²) in [6, 6.07) is 16.0. The maximum Gasteiger partial charge on any atom is 0.318 e. The number of hydrogen-bond donors (Lipinski definition) is 1. The first-order chi connectivity index (χ1) is 21.2. The van der Waals surface area contributed by atoms with E-state index in [1.165, 1.54) is 5.56 Å². The van der Waals surface area contributed by atoms with Crippen molar-refractivity contribution in [2.75, 3.05) is 62.3 Å². The van der Waals surface area contributed by atoms with Crippen LogP contribution < -0.4 is 19.9 Å². The summed E-state index contributed by atoms with van der Waals surface area (Å²) < 4.78 is 12.2. The minimum atomic E-state index is 0.105. The lowest BCUT2D eigenvalue weighted by molar-refractivity contribution is 0.00869. The fourth-order valence-electron chi connectivity index (χ4n) is 7.27. The highest BCUT2D eigenvalue weighted by Gasteiger charge is 2.31. The molecule has 0 amide bonds. The van der Waals surface area contributed by atoms with Crippen molar-refractivity contribution in [3.8, 4) is 12.1 Å². The van der Waals surface area contributed by atoms with Crippen molar-refractivity contribution in [1.82, 2.24) is 20.2 Å². The smallest absolute Gasteiger partial charge is 0.318 e. The third-order valence-corrected chi connectivity index (χ3v) is 9.86. The molecule has 2 aromatic carbocycles. The number of benzene rings is 2. The monoisotopic (exact) mass is 601 g/mol. The van der Waals surface area contributed by atoms with Gasteiger partial charge in [-0.15, -0.1) is 0 Å². The first-order valence-electron chi connectivity index (χ1n) is 15.8. The molecular formula is C33H40ClN7O2. The van der Waals surface area contributed by atoms with Crippen molar-refractivity contribution < 1.29 is 9.47 Å². The van der Waals surface area contributed by atoms with Gasteiger partial charge >= 0.3 is 6.01 Å². The van der Waals surface area contributed by atoms with Crippen LogP contribution in [0.15, 0.2) is 36.4 Å². The number of nitrogens with zero attached hydrogens (tertiary/aromatic N) is 6. The van der Waals surface area contributed by atoms with E-state index in [0.29, 0.717) is 25.0 Å². The largest absolute Gasteiger partial charge is 0.460 e. The van der Waals surface area contributed by atoms with Crippen molar-refractivity contribution in [3.05, 3.63) is 52.7 Å². The second-order valence-corrected chi connectivity index (χ2v) is 12.6. The Morgan fingerprint density at radius 3 is 2.63 bits per heavy atom. The lowest BCUT2D eigenvalue weighted by Gasteiger charge is -2.39. The van der Waals surface area contributed by atoms with Crippen molar-refractivity contribution in [3.63, 3.8) is 0 Å². The van der Waals surface area contributed by atoms with E-state index in [0.717, 1.165) is 118 Å². The van der Waals surface area contributed by atoms with Gasteiger partial charge in [-0.25, -0.2) is 0 Å². The topological polar surface area (TPSA) is 89.8 Å². The molecule has 0 bridgehead atoms. The van der Waals surface area contributed by atoms with E-state index < -0.39 is 0 Å². The van der Waals surface area contributed by atoms with Crippen LogP contribution in [0.5, 0.6) is 6.01 Å². The number of fused-ring (bicyclic) bond motifs is 2. The van der Waals surface area contributed by atoms with Crippen LogP contribution in [0.1, 0.15) is 43.4 Å². The van der Waals surface area contributed by atoms with E-state index in [1.54, 1.807) is 0 Å². The maximum atomic E-state index is 9.35. The van der Waals surface area contributed by atoms with Crippen LogP contribution in [-0.2, 0) is 17.7 Å². The van der Waals surface area contributed by atoms with Crippen LogP contribution in [0.25, 0.3) is 10.8 Å². The summed E-state index contributed by atoms with van der Waals surface area (Å²) in [5.41, 5.74) is 3.35. The average Bonchev–Trinajstić information content (AvgIpc) is 3.05. The molecule has 1 N–H and O–H groups in total. The fourth-order valence-corrected chi connectivity index (χ4v) is 7.55. The number of anilines is 2. The lowest BCUT2D eigenvalue weighted by Crippen LogP contribution is -2.51. The predicted octanol–water partition coefficient (Wildman–Crippen LogP) is 4.56. The maximum absolute atomic E-state index is 9.35. The van der Waals surface area contributed by atoms with Gasteiger partial charge in [-0.3, -0.25) is 4.90 Å². The highest BCUT2D eigenvalue weighted by molar-refractivity contribution is 6.36. The van der Waals surface area contributed by atoms with Crippen LogP contribution >= 0.6 is 11.6 Å². The van der Waals surface area contributed by atoms with E-state index >= 15 is 0 Å². The fraction of sp³-hybridized carbons (Fsp3) is 0.545. The Morgan fingerprint density at radius 1 is 1.00 bits per heavy atom. The molecule has 0 radical (unpaired) electrons. The number of nitriles is 1. The number of piperazine rings is 1. The SMILES string of the molecule is N#CCC1CN(c2nc(OC3CCN(C4CCOCC4)CC3)nc3c2CCN(c2cccc4cccc(Cl)c24)C3)CCN1. The number of halogens is 1. The summed E-state index contributed by atoms with van der Waals surface area (Å²) in [7, 11) is 0. The van der Waals surface area contributed by atoms with Gasteiger partial charge < -0.3 is 24.6 Å². The zero-order valence-corrected chi connectivity index (χ0v) is 25.4. The molecule has 5 heterocycles. The molecule has 1 atom stereocenters. The molecule has 3 saturated heterocycles. The second-order valence-electron chi connectivity index (χ2n) is 12.2. The molecule has 0 saturated carbocycles. The van der Waals surface area contributed by atoms with Crippen molar-refractivity contribution >= 4 is 33.9 Å². The summed E-state index contributed by atoms with van der Waals surface area (Å²) in [5, 5.41) is 15.8. The second kappa shape index (κ2) is 12.8. The van der Waals surface area contributed by atoms with Gasteiger partial charge in [0.25, 0.3) is 0 Å². The van der Waals surface area contributed by atoms with Crippen molar-refractivity contribution in [1.29, 1.82) is 5.26 Å².